The topological polar surface area (TPSA) is 51.7 Å². The minimum absolute atomic E-state index is 0.265. The summed E-state index contributed by atoms with van der Waals surface area (Å²) in [5.74, 6) is 0.300. The molecule has 0 bridgehead atoms. The number of halogens is 1. The minimum Gasteiger partial charge on any atom is -0.491 e. The van der Waals surface area contributed by atoms with Gasteiger partial charge in [-0.25, -0.2) is 5.06 Å². The van der Waals surface area contributed by atoms with Crippen molar-refractivity contribution in [3.63, 3.8) is 0 Å². The van der Waals surface area contributed by atoms with Crippen LogP contribution in [0.4, 0.5) is 0 Å². The van der Waals surface area contributed by atoms with Crippen molar-refractivity contribution in [3.05, 3.63) is 24.0 Å². The fourth-order valence-corrected chi connectivity index (χ4v) is 1.20. The number of amides is 1. The molecule has 0 unspecified atom stereocenters. The van der Waals surface area contributed by atoms with Gasteiger partial charge in [0.2, 0.25) is 0 Å². The van der Waals surface area contributed by atoms with Gasteiger partial charge in [-0.2, -0.15) is 0 Å². The van der Waals surface area contributed by atoms with Gasteiger partial charge in [0.1, 0.15) is 5.75 Å². The Morgan fingerprint density at radius 3 is 2.94 bits per heavy atom. The molecule has 16 heavy (non-hydrogen) atoms. The van der Waals surface area contributed by atoms with E-state index < -0.39 is 0 Å². The Morgan fingerprint density at radius 1 is 1.56 bits per heavy atom. The summed E-state index contributed by atoms with van der Waals surface area (Å²) >= 11 is 3.25. The van der Waals surface area contributed by atoms with E-state index in [2.05, 4.69) is 20.9 Å². The Hall–Kier alpha value is -1.14. The number of alkyl halides is 1. The fourth-order valence-electron chi connectivity index (χ4n) is 1.04. The summed E-state index contributed by atoms with van der Waals surface area (Å²) in [5.41, 5.74) is 0.427. The molecule has 0 aromatic carbocycles. The highest BCUT2D eigenvalue weighted by Gasteiger charge is 2.12. The van der Waals surface area contributed by atoms with Crippen LogP contribution in [0.25, 0.3) is 0 Å². The summed E-state index contributed by atoms with van der Waals surface area (Å²) in [6.07, 6.45) is 3.03. The number of pyridine rings is 1. The van der Waals surface area contributed by atoms with Crippen LogP contribution in [0.5, 0.6) is 5.75 Å². The van der Waals surface area contributed by atoms with Gasteiger partial charge < -0.3 is 4.74 Å². The molecule has 1 amide bonds. The molecular weight excluding hydrogens is 276 g/mol. The smallest absolute Gasteiger partial charge is 0.278 e. The normalized spacial score (nSPS) is 9.94. The number of carbonyl (C=O) groups is 1. The van der Waals surface area contributed by atoms with Gasteiger partial charge in [0, 0.05) is 18.6 Å². The standard InChI is InChI=1S/C10H13BrN2O3/c1-13(15-2)10(14)8-5-9(7-12-6-8)16-4-3-11/h5-7H,3-4H2,1-2H3. The lowest BCUT2D eigenvalue weighted by Gasteiger charge is -2.13. The molecule has 0 saturated heterocycles. The Labute approximate surface area is 102 Å². The Kier molecular flexibility index (Phi) is 5.21. The van der Waals surface area contributed by atoms with Crippen LogP contribution in [0.1, 0.15) is 10.4 Å². The first-order valence-corrected chi connectivity index (χ1v) is 5.77. The molecule has 0 N–H and O–H groups in total. The van der Waals surface area contributed by atoms with Crippen molar-refractivity contribution in [3.8, 4) is 5.75 Å². The molecule has 0 atom stereocenters. The highest BCUT2D eigenvalue weighted by molar-refractivity contribution is 9.09. The average Bonchev–Trinajstić information content (AvgIpc) is 2.34. The molecule has 0 saturated carbocycles. The lowest BCUT2D eigenvalue weighted by molar-refractivity contribution is -0.0757. The largest absolute Gasteiger partial charge is 0.491 e. The predicted molar refractivity (Wildman–Crippen MR) is 62.6 cm³/mol. The van der Waals surface area contributed by atoms with E-state index >= 15 is 0 Å². The number of hydrogen-bond donors (Lipinski definition) is 0. The van der Waals surface area contributed by atoms with Gasteiger partial charge in [-0.05, 0) is 6.07 Å². The molecule has 88 valence electrons. The molecule has 0 aliphatic carbocycles. The first-order chi connectivity index (χ1) is 7.69. The summed E-state index contributed by atoms with van der Waals surface area (Å²) < 4.78 is 5.34. The molecular formula is C10H13BrN2O3. The van der Waals surface area contributed by atoms with Gasteiger partial charge in [0.05, 0.1) is 25.5 Å². The zero-order valence-corrected chi connectivity index (χ0v) is 10.7. The van der Waals surface area contributed by atoms with Gasteiger partial charge in [0.25, 0.3) is 5.91 Å². The first-order valence-electron chi connectivity index (χ1n) is 4.65. The SMILES string of the molecule is CON(C)C(=O)c1cncc(OCCBr)c1. The summed E-state index contributed by atoms with van der Waals surface area (Å²) in [4.78, 5) is 20.4. The molecule has 5 nitrogen and oxygen atoms in total. The molecule has 0 spiro atoms. The number of hydrogen-bond acceptors (Lipinski definition) is 4. The van der Waals surface area contributed by atoms with Gasteiger partial charge in [-0.1, -0.05) is 15.9 Å². The van der Waals surface area contributed by atoms with Crippen LogP contribution in [-0.2, 0) is 4.84 Å². The molecule has 0 aliphatic heterocycles. The van der Waals surface area contributed by atoms with Crippen LogP contribution in [0.2, 0.25) is 0 Å². The maximum atomic E-state index is 11.7. The van der Waals surface area contributed by atoms with Gasteiger partial charge >= 0.3 is 0 Å². The van der Waals surface area contributed by atoms with E-state index in [-0.39, 0.29) is 5.91 Å². The number of nitrogens with zero attached hydrogens (tertiary/aromatic N) is 2. The second kappa shape index (κ2) is 6.44. The van der Waals surface area contributed by atoms with Crippen molar-refractivity contribution in [1.82, 2.24) is 10.0 Å². The van der Waals surface area contributed by atoms with Crippen LogP contribution in [-0.4, -0.2) is 42.0 Å². The van der Waals surface area contributed by atoms with E-state index in [1.165, 1.54) is 20.4 Å². The first kappa shape index (κ1) is 12.9. The predicted octanol–water partition coefficient (Wildman–Crippen LogP) is 1.49. The highest BCUT2D eigenvalue weighted by atomic mass is 79.9. The Bertz CT molecular complexity index is 360. The quantitative estimate of drug-likeness (QED) is 0.608. The maximum Gasteiger partial charge on any atom is 0.278 e. The summed E-state index contributed by atoms with van der Waals surface area (Å²) in [5, 5.41) is 1.86. The second-order valence-corrected chi connectivity index (χ2v) is 3.72. The zero-order valence-electron chi connectivity index (χ0n) is 9.14. The average molecular weight is 289 g/mol. The molecule has 1 aromatic heterocycles. The molecule has 0 aliphatic rings. The van der Waals surface area contributed by atoms with Crippen molar-refractivity contribution in [2.75, 3.05) is 26.1 Å². The van der Waals surface area contributed by atoms with E-state index in [9.17, 15) is 4.79 Å². The van der Waals surface area contributed by atoms with Gasteiger partial charge in [-0.3, -0.25) is 14.6 Å². The van der Waals surface area contributed by atoms with Crippen LogP contribution < -0.4 is 4.74 Å². The van der Waals surface area contributed by atoms with E-state index in [1.807, 2.05) is 0 Å². The third kappa shape index (κ3) is 3.46. The number of aromatic nitrogens is 1. The number of rotatable bonds is 5. The molecule has 1 aromatic rings. The van der Waals surface area contributed by atoms with Crippen molar-refractivity contribution >= 4 is 21.8 Å². The molecule has 0 radical (unpaired) electrons. The van der Waals surface area contributed by atoms with E-state index in [1.54, 1.807) is 12.3 Å². The molecule has 0 fully saturated rings. The zero-order chi connectivity index (χ0) is 12.0. The van der Waals surface area contributed by atoms with Gasteiger partial charge in [-0.15, -0.1) is 0 Å². The van der Waals surface area contributed by atoms with Crippen molar-refractivity contribution in [2.45, 2.75) is 0 Å². The third-order valence-corrected chi connectivity index (χ3v) is 2.19. The number of ether oxygens (including phenoxy) is 1. The highest BCUT2D eigenvalue weighted by Crippen LogP contribution is 2.12. The minimum atomic E-state index is -0.265. The Morgan fingerprint density at radius 2 is 2.31 bits per heavy atom. The molecule has 1 rings (SSSR count). The van der Waals surface area contributed by atoms with Crippen molar-refractivity contribution < 1.29 is 14.4 Å². The summed E-state index contributed by atoms with van der Waals surface area (Å²) in [6.45, 7) is 0.527. The van der Waals surface area contributed by atoms with Crippen LogP contribution >= 0.6 is 15.9 Å². The number of carbonyl (C=O) groups excluding carboxylic acids is 1. The van der Waals surface area contributed by atoms with E-state index in [0.717, 1.165) is 10.4 Å². The second-order valence-electron chi connectivity index (χ2n) is 2.93. The van der Waals surface area contributed by atoms with Crippen molar-refractivity contribution in [2.24, 2.45) is 0 Å². The van der Waals surface area contributed by atoms with Crippen LogP contribution in [0.15, 0.2) is 18.5 Å². The summed E-state index contributed by atoms with van der Waals surface area (Å²) in [6, 6.07) is 1.63. The lowest BCUT2D eigenvalue weighted by atomic mass is 10.2. The molecule has 6 heteroatoms. The monoisotopic (exact) mass is 288 g/mol. The fraction of sp³-hybridized carbons (Fsp3) is 0.400. The number of hydroxylamine groups is 2. The summed E-state index contributed by atoms with van der Waals surface area (Å²) in [7, 11) is 2.96. The lowest BCUT2D eigenvalue weighted by Crippen LogP contribution is -2.25. The van der Waals surface area contributed by atoms with Crippen LogP contribution in [0.3, 0.4) is 0 Å². The molecule has 1 heterocycles. The van der Waals surface area contributed by atoms with Crippen LogP contribution in [0, 0.1) is 0 Å². The van der Waals surface area contributed by atoms with E-state index in [0.29, 0.717) is 17.9 Å². The third-order valence-electron chi connectivity index (χ3n) is 1.87. The van der Waals surface area contributed by atoms with Crippen molar-refractivity contribution in [1.29, 1.82) is 0 Å². The van der Waals surface area contributed by atoms with E-state index in [4.69, 9.17) is 9.57 Å². The maximum absolute atomic E-state index is 11.7. The van der Waals surface area contributed by atoms with Gasteiger partial charge in [0.15, 0.2) is 0 Å². The Balaban J connectivity index is 2.77.